The first-order valence-corrected chi connectivity index (χ1v) is 40.0. The molecule has 17 nitrogen and oxygen atoms in total. The Kier molecular flexibility index (Phi) is 61.8. The number of ether oxygens (including phenoxy) is 4. The molecule has 0 saturated heterocycles. The minimum Gasteiger partial charge on any atom is -0.462 e. The number of esters is 4. The van der Waals surface area contributed by atoms with Gasteiger partial charge in [0.05, 0.1) is 26.4 Å². The molecule has 0 spiro atoms. The second kappa shape index (κ2) is 63.1. The van der Waals surface area contributed by atoms with E-state index >= 15 is 0 Å². The van der Waals surface area contributed by atoms with Crippen LogP contribution in [0.3, 0.4) is 0 Å². The van der Waals surface area contributed by atoms with E-state index in [1.807, 2.05) is 0 Å². The van der Waals surface area contributed by atoms with E-state index in [4.69, 9.17) is 37.0 Å². The summed E-state index contributed by atoms with van der Waals surface area (Å²) in [5.41, 5.74) is 0. The predicted octanol–water partition coefficient (Wildman–Crippen LogP) is 20.4. The summed E-state index contributed by atoms with van der Waals surface area (Å²) in [5.74, 6) is -0.708. The second-order valence-electron chi connectivity index (χ2n) is 26.6. The van der Waals surface area contributed by atoms with Gasteiger partial charge in [0.2, 0.25) is 0 Å². The number of phosphoric acid groups is 2. The van der Waals surface area contributed by atoms with Crippen molar-refractivity contribution < 1.29 is 80.2 Å². The minimum absolute atomic E-state index is 0.104. The fraction of sp³-hybridized carbons (Fsp3) is 0.944. The highest BCUT2D eigenvalue weighted by Crippen LogP contribution is 2.45. The van der Waals surface area contributed by atoms with Gasteiger partial charge in [0.15, 0.2) is 12.2 Å². The number of unbranched alkanes of at least 4 members (excludes halogenated alkanes) is 40. The number of aliphatic hydroxyl groups is 1. The molecule has 5 atom stereocenters. The normalized spacial score (nSPS) is 14.1. The molecule has 0 bridgehead atoms. The van der Waals surface area contributed by atoms with Crippen molar-refractivity contribution in [3.63, 3.8) is 0 Å². The summed E-state index contributed by atoms with van der Waals surface area (Å²) in [4.78, 5) is 72.6. The van der Waals surface area contributed by atoms with Crippen molar-refractivity contribution in [2.24, 2.45) is 11.8 Å². The average molecular weight is 1330 g/mol. The van der Waals surface area contributed by atoms with E-state index in [1.54, 1.807) is 0 Å². The Labute approximate surface area is 549 Å². The first-order valence-electron chi connectivity index (χ1n) is 37.0. The Morgan fingerprint density at radius 1 is 0.300 bits per heavy atom. The highest BCUT2D eigenvalue weighted by molar-refractivity contribution is 7.47. The molecule has 0 aliphatic rings. The van der Waals surface area contributed by atoms with Gasteiger partial charge < -0.3 is 33.8 Å². The first-order chi connectivity index (χ1) is 43.4. The van der Waals surface area contributed by atoms with E-state index in [2.05, 4.69) is 41.5 Å². The smallest absolute Gasteiger partial charge is 0.462 e. The molecule has 2 unspecified atom stereocenters. The fourth-order valence-corrected chi connectivity index (χ4v) is 12.3. The summed E-state index contributed by atoms with van der Waals surface area (Å²) in [6.45, 7) is 9.46. The van der Waals surface area contributed by atoms with E-state index in [0.717, 1.165) is 102 Å². The van der Waals surface area contributed by atoms with E-state index in [-0.39, 0.29) is 25.7 Å². The number of hydrogen-bond donors (Lipinski definition) is 3. The number of hydrogen-bond acceptors (Lipinski definition) is 15. The van der Waals surface area contributed by atoms with Crippen molar-refractivity contribution in [2.45, 2.75) is 381 Å². The van der Waals surface area contributed by atoms with E-state index in [9.17, 15) is 43.2 Å². The molecule has 0 fully saturated rings. The molecular weight excluding hydrogens is 1190 g/mol. The van der Waals surface area contributed by atoms with Crippen LogP contribution in [0.25, 0.3) is 0 Å². The molecule has 0 aliphatic carbocycles. The molecule has 0 saturated carbocycles. The standard InChI is InChI=1S/C71H138O17P2/c1-7-9-11-13-15-17-19-21-23-25-27-31-35-43-49-55-70(75)87-66(59-81-68(73)53-47-41-34-30-26-24-22-20-18-16-14-12-10-8-2)61-85-89(77,78)83-57-65(72)58-84-90(79,80)86-62-67(60-82-69(74)54-48-42-38-37-40-46-52-64(5)6)88-71(76)56-50-44-36-32-28-29-33-39-45-51-63(3)4/h63-67,72H,7-62H2,1-6H3,(H,77,78)(H,79,80)/t65-,66-,67-/m1/s1. The molecule has 0 rings (SSSR count). The Hall–Kier alpha value is -1.94. The molecular formula is C71H138O17P2. The summed E-state index contributed by atoms with van der Waals surface area (Å²) in [7, 11) is -9.90. The molecule has 19 heteroatoms. The predicted molar refractivity (Wildman–Crippen MR) is 363 cm³/mol. The number of aliphatic hydroxyl groups excluding tert-OH is 1. The zero-order valence-corrected chi connectivity index (χ0v) is 60.2. The van der Waals surface area contributed by atoms with Crippen molar-refractivity contribution in [2.75, 3.05) is 39.6 Å². The van der Waals surface area contributed by atoms with Gasteiger partial charge in [-0.15, -0.1) is 0 Å². The summed E-state index contributed by atoms with van der Waals surface area (Å²) < 4.78 is 68.3. The van der Waals surface area contributed by atoms with Gasteiger partial charge in [-0.25, -0.2) is 9.13 Å². The second-order valence-corrected chi connectivity index (χ2v) is 29.5. The van der Waals surface area contributed by atoms with Gasteiger partial charge in [-0.3, -0.25) is 37.3 Å². The molecule has 0 aliphatic heterocycles. The van der Waals surface area contributed by atoms with E-state index in [1.165, 1.54) is 173 Å². The van der Waals surface area contributed by atoms with Gasteiger partial charge in [-0.05, 0) is 37.5 Å². The molecule has 0 aromatic carbocycles. The SMILES string of the molecule is CCCCCCCCCCCCCCCCCC(=O)O[C@H](COC(=O)CCCCCCCCCCCCCCCC)COP(=O)(O)OC[C@@H](O)COP(=O)(O)OC[C@@H](COC(=O)CCCCCCCCC(C)C)OC(=O)CCCCCCCCCCCC(C)C. The summed E-state index contributed by atoms with van der Waals surface area (Å²) >= 11 is 0. The van der Waals surface area contributed by atoms with Crippen molar-refractivity contribution in [3.8, 4) is 0 Å². The van der Waals surface area contributed by atoms with Crippen LogP contribution in [0.5, 0.6) is 0 Å². The van der Waals surface area contributed by atoms with Gasteiger partial charge in [0.1, 0.15) is 19.3 Å². The summed E-state index contributed by atoms with van der Waals surface area (Å²) in [6.07, 6.45) is 48.7. The lowest BCUT2D eigenvalue weighted by molar-refractivity contribution is -0.161. The number of phosphoric ester groups is 2. The monoisotopic (exact) mass is 1320 g/mol. The number of carbonyl (C=O) groups is 4. The molecule has 3 N–H and O–H groups in total. The zero-order chi connectivity index (χ0) is 66.5. The molecule has 0 heterocycles. The maximum atomic E-state index is 13.0. The highest BCUT2D eigenvalue weighted by Gasteiger charge is 2.30. The van der Waals surface area contributed by atoms with Gasteiger partial charge >= 0.3 is 39.5 Å². The van der Waals surface area contributed by atoms with Crippen molar-refractivity contribution in [1.82, 2.24) is 0 Å². The maximum Gasteiger partial charge on any atom is 0.472 e. The van der Waals surface area contributed by atoms with E-state index < -0.39 is 97.5 Å². The Bertz CT molecular complexity index is 1750. The lowest BCUT2D eigenvalue weighted by Gasteiger charge is -2.21. The largest absolute Gasteiger partial charge is 0.472 e. The zero-order valence-electron chi connectivity index (χ0n) is 58.4. The topological polar surface area (TPSA) is 237 Å². The third-order valence-electron chi connectivity index (χ3n) is 16.5. The van der Waals surface area contributed by atoms with Crippen LogP contribution < -0.4 is 0 Å². The molecule has 0 amide bonds. The Morgan fingerprint density at radius 3 is 0.756 bits per heavy atom. The van der Waals surface area contributed by atoms with Crippen molar-refractivity contribution >= 4 is 39.5 Å². The average Bonchev–Trinajstić information content (AvgIpc) is 3.10. The van der Waals surface area contributed by atoms with Gasteiger partial charge in [-0.2, -0.15) is 0 Å². The lowest BCUT2D eigenvalue weighted by atomic mass is 10.0. The van der Waals surface area contributed by atoms with Crippen LogP contribution in [0.15, 0.2) is 0 Å². The molecule has 90 heavy (non-hydrogen) atoms. The Morgan fingerprint density at radius 2 is 0.511 bits per heavy atom. The fourth-order valence-electron chi connectivity index (χ4n) is 10.8. The number of carbonyl (C=O) groups excluding carboxylic acids is 4. The van der Waals surface area contributed by atoms with Crippen LogP contribution in [0.2, 0.25) is 0 Å². The lowest BCUT2D eigenvalue weighted by Crippen LogP contribution is -2.30. The highest BCUT2D eigenvalue weighted by atomic mass is 31.2. The molecule has 0 aromatic rings. The third kappa shape index (κ3) is 64.8. The van der Waals surface area contributed by atoms with Gasteiger partial charge in [-0.1, -0.05) is 311 Å². The van der Waals surface area contributed by atoms with Gasteiger partial charge in [0.25, 0.3) is 0 Å². The van der Waals surface area contributed by atoms with Crippen LogP contribution in [0.4, 0.5) is 0 Å². The van der Waals surface area contributed by atoms with Crippen LogP contribution >= 0.6 is 15.6 Å². The van der Waals surface area contributed by atoms with Crippen LogP contribution in [0.1, 0.15) is 363 Å². The molecule has 534 valence electrons. The first kappa shape index (κ1) is 88.1. The van der Waals surface area contributed by atoms with Crippen LogP contribution in [-0.2, 0) is 65.4 Å². The van der Waals surface area contributed by atoms with Crippen molar-refractivity contribution in [3.05, 3.63) is 0 Å². The minimum atomic E-state index is -4.95. The quantitative estimate of drug-likeness (QED) is 0.0222. The molecule has 0 radical (unpaired) electrons. The Balaban J connectivity index is 5.24. The van der Waals surface area contributed by atoms with Crippen LogP contribution in [-0.4, -0.2) is 96.7 Å². The summed E-state index contributed by atoms with van der Waals surface area (Å²) in [6, 6.07) is 0. The van der Waals surface area contributed by atoms with Crippen LogP contribution in [0, 0.1) is 11.8 Å². The van der Waals surface area contributed by atoms with E-state index in [0.29, 0.717) is 31.6 Å². The van der Waals surface area contributed by atoms with Crippen molar-refractivity contribution in [1.29, 1.82) is 0 Å². The number of rotatable bonds is 70. The molecule has 0 aromatic heterocycles. The summed E-state index contributed by atoms with van der Waals surface area (Å²) in [5, 5.41) is 10.6. The van der Waals surface area contributed by atoms with Gasteiger partial charge in [0, 0.05) is 25.7 Å². The third-order valence-corrected chi connectivity index (χ3v) is 18.4. The maximum absolute atomic E-state index is 13.0.